The zero-order valence-corrected chi connectivity index (χ0v) is 15.8. The minimum atomic E-state index is -0.182. The average molecular weight is 403 g/mol. The van der Waals surface area contributed by atoms with E-state index in [0.717, 1.165) is 11.4 Å². The van der Waals surface area contributed by atoms with Gasteiger partial charge in [-0.25, -0.2) is 9.97 Å². The van der Waals surface area contributed by atoms with Gasteiger partial charge in [-0.05, 0) is 18.2 Å². The Hall–Kier alpha value is -4.08. The minimum absolute atomic E-state index is 0.0674. The van der Waals surface area contributed by atoms with E-state index in [9.17, 15) is 4.79 Å². The maximum atomic E-state index is 12.6. The van der Waals surface area contributed by atoms with Crippen LogP contribution in [0.1, 0.15) is 22.1 Å². The van der Waals surface area contributed by atoms with Gasteiger partial charge in [0.15, 0.2) is 5.69 Å². The van der Waals surface area contributed by atoms with Crippen LogP contribution in [0.25, 0.3) is 5.69 Å². The third-order valence-electron chi connectivity index (χ3n) is 4.62. The standard InChI is InChI=1S/C20H17N7O3/c28-20(26-11-16(12-26)30-18-3-1-2-6-21-18)17-13-29-19(25-17)9-14-4-5-15(10-22-14)27-23-7-8-24-27/h1-8,10,13,16H,9,11-12H2. The normalized spacial score (nSPS) is 13.8. The fourth-order valence-corrected chi connectivity index (χ4v) is 3.06. The van der Waals surface area contributed by atoms with Crippen molar-refractivity contribution in [2.24, 2.45) is 0 Å². The Morgan fingerprint density at radius 2 is 1.97 bits per heavy atom. The molecule has 5 rings (SSSR count). The van der Waals surface area contributed by atoms with Gasteiger partial charge in [-0.3, -0.25) is 9.78 Å². The molecule has 0 N–H and O–H groups in total. The lowest BCUT2D eigenvalue weighted by Gasteiger charge is -2.38. The Balaban J connectivity index is 1.16. The van der Waals surface area contributed by atoms with E-state index in [4.69, 9.17) is 9.15 Å². The summed E-state index contributed by atoms with van der Waals surface area (Å²) in [6.07, 6.45) is 8.24. The highest BCUT2D eigenvalue weighted by Gasteiger charge is 2.34. The SMILES string of the molecule is O=C(c1coc(Cc2ccc(-n3nccn3)cn2)n1)N1CC(Oc2ccccn2)C1. The van der Waals surface area contributed by atoms with E-state index in [2.05, 4.69) is 25.1 Å². The molecule has 0 saturated carbocycles. The van der Waals surface area contributed by atoms with Gasteiger partial charge in [0.05, 0.1) is 38.1 Å². The smallest absolute Gasteiger partial charge is 0.276 e. The van der Waals surface area contributed by atoms with Crippen molar-refractivity contribution in [3.63, 3.8) is 0 Å². The van der Waals surface area contributed by atoms with E-state index in [1.807, 2.05) is 24.3 Å². The Kier molecular flexibility index (Phi) is 4.64. The largest absolute Gasteiger partial charge is 0.471 e. The highest BCUT2D eigenvalue weighted by molar-refractivity contribution is 5.92. The van der Waals surface area contributed by atoms with E-state index in [1.54, 1.807) is 35.8 Å². The van der Waals surface area contributed by atoms with Gasteiger partial charge in [-0.2, -0.15) is 15.0 Å². The molecule has 0 bridgehead atoms. The summed E-state index contributed by atoms with van der Waals surface area (Å²) in [5.74, 6) is 0.803. The van der Waals surface area contributed by atoms with Crippen LogP contribution in [0.5, 0.6) is 5.88 Å². The van der Waals surface area contributed by atoms with Crippen molar-refractivity contribution in [1.29, 1.82) is 0 Å². The number of hydrogen-bond acceptors (Lipinski definition) is 8. The van der Waals surface area contributed by atoms with Gasteiger partial charge in [0.25, 0.3) is 5.91 Å². The van der Waals surface area contributed by atoms with E-state index in [-0.39, 0.29) is 17.7 Å². The summed E-state index contributed by atoms with van der Waals surface area (Å²) >= 11 is 0. The van der Waals surface area contributed by atoms with Crippen molar-refractivity contribution in [3.05, 3.63) is 78.7 Å². The molecule has 0 unspecified atom stereocenters. The maximum Gasteiger partial charge on any atom is 0.276 e. The second kappa shape index (κ2) is 7.74. The number of rotatable bonds is 6. The van der Waals surface area contributed by atoms with E-state index >= 15 is 0 Å². The lowest BCUT2D eigenvalue weighted by molar-refractivity contribution is 0.0156. The molecule has 10 nitrogen and oxygen atoms in total. The summed E-state index contributed by atoms with van der Waals surface area (Å²) in [6, 6.07) is 9.18. The first-order valence-electron chi connectivity index (χ1n) is 9.37. The molecule has 0 aliphatic carbocycles. The predicted octanol–water partition coefficient (Wildman–Crippen LogP) is 1.54. The Bertz CT molecular complexity index is 1120. The lowest BCUT2D eigenvalue weighted by Crippen LogP contribution is -2.56. The van der Waals surface area contributed by atoms with E-state index in [0.29, 0.717) is 31.3 Å². The second-order valence-electron chi connectivity index (χ2n) is 6.75. The molecule has 1 amide bonds. The number of ether oxygens (including phenoxy) is 1. The molecule has 1 aliphatic rings. The predicted molar refractivity (Wildman–Crippen MR) is 103 cm³/mol. The highest BCUT2D eigenvalue weighted by Crippen LogP contribution is 2.18. The molecule has 30 heavy (non-hydrogen) atoms. The van der Waals surface area contributed by atoms with Gasteiger partial charge in [-0.15, -0.1) is 0 Å². The molecule has 150 valence electrons. The van der Waals surface area contributed by atoms with Crippen LogP contribution in [0.15, 0.2) is 65.8 Å². The summed E-state index contributed by atoms with van der Waals surface area (Å²) in [6.45, 7) is 0.976. The Morgan fingerprint density at radius 1 is 1.10 bits per heavy atom. The van der Waals surface area contributed by atoms with Crippen LogP contribution in [-0.2, 0) is 6.42 Å². The summed E-state index contributed by atoms with van der Waals surface area (Å²) in [5.41, 5.74) is 1.80. The Labute approximate surface area is 171 Å². The number of nitrogens with zero attached hydrogens (tertiary/aromatic N) is 7. The zero-order chi connectivity index (χ0) is 20.3. The number of carbonyl (C=O) groups is 1. The molecular weight excluding hydrogens is 386 g/mol. The summed E-state index contributed by atoms with van der Waals surface area (Å²) in [7, 11) is 0. The number of carbonyl (C=O) groups excluding carboxylic acids is 1. The van der Waals surface area contributed by atoms with E-state index < -0.39 is 0 Å². The van der Waals surface area contributed by atoms with Gasteiger partial charge in [0, 0.05) is 18.0 Å². The van der Waals surface area contributed by atoms with Gasteiger partial charge in [0.2, 0.25) is 11.8 Å². The molecule has 10 heteroatoms. The molecule has 4 aromatic heterocycles. The van der Waals surface area contributed by atoms with Crippen molar-refractivity contribution in [2.75, 3.05) is 13.1 Å². The van der Waals surface area contributed by atoms with Crippen molar-refractivity contribution >= 4 is 5.91 Å². The van der Waals surface area contributed by atoms with Crippen LogP contribution in [0, 0.1) is 0 Å². The fourth-order valence-electron chi connectivity index (χ4n) is 3.06. The third kappa shape index (κ3) is 3.75. The van der Waals surface area contributed by atoms with Gasteiger partial charge >= 0.3 is 0 Å². The monoisotopic (exact) mass is 403 g/mol. The van der Waals surface area contributed by atoms with Crippen LogP contribution in [-0.4, -0.2) is 59.9 Å². The third-order valence-corrected chi connectivity index (χ3v) is 4.62. The highest BCUT2D eigenvalue weighted by atomic mass is 16.5. The van der Waals surface area contributed by atoms with Crippen molar-refractivity contribution in [3.8, 4) is 11.6 Å². The molecule has 1 aliphatic heterocycles. The summed E-state index contributed by atoms with van der Waals surface area (Å²) in [5, 5.41) is 8.12. The van der Waals surface area contributed by atoms with Crippen LogP contribution in [0.4, 0.5) is 0 Å². The van der Waals surface area contributed by atoms with Crippen molar-refractivity contribution in [1.82, 2.24) is 34.8 Å². The van der Waals surface area contributed by atoms with Crippen LogP contribution < -0.4 is 4.74 Å². The number of likely N-dealkylation sites (tertiary alicyclic amines) is 1. The number of amides is 1. The molecule has 5 heterocycles. The molecule has 1 fully saturated rings. The van der Waals surface area contributed by atoms with Crippen LogP contribution in [0.3, 0.4) is 0 Å². The van der Waals surface area contributed by atoms with Crippen LogP contribution >= 0.6 is 0 Å². The Morgan fingerprint density at radius 3 is 2.70 bits per heavy atom. The summed E-state index contributed by atoms with van der Waals surface area (Å²) < 4.78 is 11.2. The zero-order valence-electron chi connectivity index (χ0n) is 15.8. The average Bonchev–Trinajstić information content (AvgIpc) is 3.44. The second-order valence-corrected chi connectivity index (χ2v) is 6.75. The van der Waals surface area contributed by atoms with Crippen molar-refractivity contribution in [2.45, 2.75) is 12.5 Å². The summed E-state index contributed by atoms with van der Waals surface area (Å²) in [4.78, 5) is 28.5. The molecule has 1 saturated heterocycles. The first-order chi connectivity index (χ1) is 14.7. The first-order valence-corrected chi connectivity index (χ1v) is 9.37. The molecule has 0 atom stereocenters. The molecule has 0 radical (unpaired) electrons. The molecule has 0 aromatic carbocycles. The van der Waals surface area contributed by atoms with Gasteiger partial charge < -0.3 is 14.1 Å². The topological polar surface area (TPSA) is 112 Å². The van der Waals surface area contributed by atoms with E-state index in [1.165, 1.54) is 11.1 Å². The number of aromatic nitrogens is 6. The quantitative estimate of drug-likeness (QED) is 0.477. The fraction of sp³-hybridized carbons (Fsp3) is 0.200. The minimum Gasteiger partial charge on any atom is -0.471 e. The number of pyridine rings is 2. The van der Waals surface area contributed by atoms with Crippen LogP contribution in [0.2, 0.25) is 0 Å². The molecule has 4 aromatic rings. The van der Waals surface area contributed by atoms with Crippen molar-refractivity contribution < 1.29 is 13.9 Å². The molecular formula is C20H17N7O3. The molecule has 0 spiro atoms. The maximum absolute atomic E-state index is 12.6. The first kappa shape index (κ1) is 18.0. The van der Waals surface area contributed by atoms with Gasteiger partial charge in [-0.1, -0.05) is 6.07 Å². The lowest BCUT2D eigenvalue weighted by atomic mass is 10.1. The van der Waals surface area contributed by atoms with Gasteiger partial charge in [0.1, 0.15) is 18.1 Å². The number of oxazole rings is 1. The number of hydrogen-bond donors (Lipinski definition) is 0.